The third-order valence-electron chi connectivity index (χ3n) is 4.90. The van der Waals surface area contributed by atoms with Crippen molar-refractivity contribution in [3.8, 4) is 5.75 Å². The summed E-state index contributed by atoms with van der Waals surface area (Å²) in [5.74, 6) is -0.991. The van der Waals surface area contributed by atoms with Crippen LogP contribution < -0.4 is 21.6 Å². The Morgan fingerprint density at radius 2 is 1.03 bits per heavy atom. The van der Waals surface area contributed by atoms with Gasteiger partial charge >= 0.3 is 0 Å². The van der Waals surface area contributed by atoms with Crippen LogP contribution >= 0.6 is 0 Å². The van der Waals surface area contributed by atoms with Gasteiger partial charge in [0.25, 0.3) is 11.8 Å². The quantitative estimate of drug-likeness (QED) is 0.117. The molecule has 0 radical (unpaired) electrons. The number of carbonyl (C=O) groups excluding carboxylic acids is 4. The predicted molar refractivity (Wildman–Crippen MR) is 143 cm³/mol. The smallest absolute Gasteiger partial charge is 0.251 e. The van der Waals surface area contributed by atoms with E-state index in [9.17, 15) is 19.2 Å². The lowest BCUT2D eigenvalue weighted by atomic mass is 10.2. The first-order valence-corrected chi connectivity index (χ1v) is 12.6. The van der Waals surface area contributed by atoms with Crippen molar-refractivity contribution in [1.82, 2.24) is 21.6 Å². The third-order valence-corrected chi connectivity index (χ3v) is 4.90. The molecule has 0 spiro atoms. The minimum Gasteiger partial charge on any atom is -0.508 e. The summed E-state index contributed by atoms with van der Waals surface area (Å²) in [5, 5.41) is 31.1. The standard InChI is InChI=1S/C13H18N2O3.C12H16N2O4.C2H6/c16-12(15-18)9-5-2-6-10-14-13(17)11-7-3-1-4-8-11;15-10-6-4-9(5-7-10)12(17)13-8-2-1-3-11(16)14-18;1-2/h1,3-4,7-8,18H,2,5-6,9-10H2,(H,14,17)(H,15,16);4-7,15,18H,1-3,8H2,(H,13,17)(H,14,16);1-2H3. The van der Waals surface area contributed by atoms with E-state index in [1.54, 1.807) is 23.1 Å². The largest absolute Gasteiger partial charge is 0.508 e. The van der Waals surface area contributed by atoms with Crippen LogP contribution in [0.5, 0.6) is 5.75 Å². The maximum absolute atomic E-state index is 11.6. The van der Waals surface area contributed by atoms with Crippen LogP contribution in [0.2, 0.25) is 0 Å². The van der Waals surface area contributed by atoms with Gasteiger partial charge in [0.1, 0.15) is 5.75 Å². The van der Waals surface area contributed by atoms with Gasteiger partial charge in [-0.2, -0.15) is 0 Å². The van der Waals surface area contributed by atoms with Crippen molar-refractivity contribution >= 4 is 23.6 Å². The number of hydroxylamine groups is 2. The third kappa shape index (κ3) is 16.7. The first kappa shape index (κ1) is 34.0. The highest BCUT2D eigenvalue weighted by molar-refractivity contribution is 5.94. The molecule has 2 aromatic rings. The Kier molecular flexibility index (Phi) is 19.9. The number of rotatable bonds is 13. The highest BCUT2D eigenvalue weighted by Crippen LogP contribution is 2.09. The SMILES string of the molecule is CC.O=C(CCCCCNC(=O)c1ccccc1)NO.O=C(CCCCNC(=O)c1ccc(O)cc1)NO. The van der Waals surface area contributed by atoms with Crippen LogP contribution in [0, 0.1) is 0 Å². The molecule has 0 bridgehead atoms. The summed E-state index contributed by atoms with van der Waals surface area (Å²) in [6, 6.07) is 15.0. The zero-order valence-corrected chi connectivity index (χ0v) is 22.0. The lowest BCUT2D eigenvalue weighted by molar-refractivity contribution is -0.129. The fourth-order valence-electron chi connectivity index (χ4n) is 2.92. The first-order valence-electron chi connectivity index (χ1n) is 12.6. The van der Waals surface area contributed by atoms with Gasteiger partial charge < -0.3 is 15.7 Å². The van der Waals surface area contributed by atoms with E-state index in [-0.39, 0.29) is 29.9 Å². The second-order valence-corrected chi connectivity index (χ2v) is 7.76. The predicted octanol–water partition coefficient (Wildman–Crippen LogP) is 3.31. The molecule has 11 heteroatoms. The molecule has 0 unspecified atom stereocenters. The molecule has 0 atom stereocenters. The minimum atomic E-state index is -0.431. The van der Waals surface area contributed by atoms with Gasteiger partial charge in [-0.3, -0.25) is 29.6 Å². The lowest BCUT2D eigenvalue weighted by Gasteiger charge is -2.05. The Morgan fingerprint density at radius 1 is 0.605 bits per heavy atom. The summed E-state index contributed by atoms with van der Waals surface area (Å²) in [6.45, 7) is 5.05. The molecule has 2 rings (SSSR count). The average molecular weight is 533 g/mol. The number of benzene rings is 2. The summed E-state index contributed by atoms with van der Waals surface area (Å²) in [5.41, 5.74) is 4.26. The van der Waals surface area contributed by atoms with Crippen molar-refractivity contribution in [2.75, 3.05) is 13.1 Å². The summed E-state index contributed by atoms with van der Waals surface area (Å²) < 4.78 is 0. The summed E-state index contributed by atoms with van der Waals surface area (Å²) >= 11 is 0. The van der Waals surface area contributed by atoms with Crippen molar-refractivity contribution in [1.29, 1.82) is 0 Å². The maximum Gasteiger partial charge on any atom is 0.251 e. The Balaban J connectivity index is 0.000000676. The van der Waals surface area contributed by atoms with Gasteiger partial charge in [-0.25, -0.2) is 11.0 Å². The van der Waals surface area contributed by atoms with E-state index >= 15 is 0 Å². The summed E-state index contributed by atoms with van der Waals surface area (Å²) in [6.07, 6.45) is 4.13. The maximum atomic E-state index is 11.6. The molecule has 4 amide bonds. The number of hydrogen-bond donors (Lipinski definition) is 7. The van der Waals surface area contributed by atoms with Crippen molar-refractivity contribution in [2.45, 2.75) is 58.8 Å². The molecule has 0 aromatic heterocycles. The summed E-state index contributed by atoms with van der Waals surface area (Å²) in [7, 11) is 0. The number of phenols is 1. The highest BCUT2D eigenvalue weighted by atomic mass is 16.5. The highest BCUT2D eigenvalue weighted by Gasteiger charge is 2.05. The fraction of sp³-hybridized carbons (Fsp3) is 0.407. The van der Waals surface area contributed by atoms with Crippen LogP contribution in [0.15, 0.2) is 54.6 Å². The van der Waals surface area contributed by atoms with E-state index in [2.05, 4.69) is 10.6 Å². The van der Waals surface area contributed by atoms with E-state index in [4.69, 9.17) is 15.5 Å². The molecule has 11 nitrogen and oxygen atoms in total. The van der Waals surface area contributed by atoms with Crippen molar-refractivity contribution in [2.24, 2.45) is 0 Å². The number of phenolic OH excluding ortho intramolecular Hbond substituents is 1. The van der Waals surface area contributed by atoms with Crippen molar-refractivity contribution in [3.05, 3.63) is 65.7 Å². The van der Waals surface area contributed by atoms with Crippen LogP contribution in [0.1, 0.15) is 79.5 Å². The van der Waals surface area contributed by atoms with Crippen LogP contribution in [0.25, 0.3) is 0 Å². The number of amides is 4. The van der Waals surface area contributed by atoms with Crippen LogP contribution in [-0.4, -0.2) is 52.2 Å². The number of nitrogens with one attached hydrogen (secondary N) is 4. The molecular formula is C27H40N4O7. The molecule has 38 heavy (non-hydrogen) atoms. The monoisotopic (exact) mass is 532 g/mol. The van der Waals surface area contributed by atoms with Gasteiger partial charge in [-0.05, 0) is 62.1 Å². The van der Waals surface area contributed by atoms with E-state index in [1.165, 1.54) is 24.3 Å². The zero-order chi connectivity index (χ0) is 28.6. The van der Waals surface area contributed by atoms with Gasteiger partial charge in [0.15, 0.2) is 0 Å². The second-order valence-electron chi connectivity index (χ2n) is 7.76. The molecule has 0 fully saturated rings. The minimum absolute atomic E-state index is 0.0799. The van der Waals surface area contributed by atoms with Crippen LogP contribution in [0.4, 0.5) is 0 Å². The molecule has 0 saturated carbocycles. The van der Waals surface area contributed by atoms with Crippen LogP contribution in [-0.2, 0) is 9.59 Å². The molecule has 7 N–H and O–H groups in total. The molecule has 0 aliphatic heterocycles. The molecule has 0 saturated heterocycles. The zero-order valence-electron chi connectivity index (χ0n) is 22.0. The van der Waals surface area contributed by atoms with E-state index in [0.717, 1.165) is 12.8 Å². The number of unbranched alkanes of at least 4 members (excludes halogenated alkanes) is 3. The van der Waals surface area contributed by atoms with E-state index < -0.39 is 5.91 Å². The fourth-order valence-corrected chi connectivity index (χ4v) is 2.92. The topological polar surface area (TPSA) is 177 Å². The molecule has 0 aliphatic rings. The molecule has 210 valence electrons. The van der Waals surface area contributed by atoms with Gasteiger partial charge in [0.2, 0.25) is 11.8 Å². The number of hydrogen-bond acceptors (Lipinski definition) is 7. The van der Waals surface area contributed by atoms with E-state index in [1.807, 2.05) is 32.0 Å². The molecule has 2 aromatic carbocycles. The van der Waals surface area contributed by atoms with Crippen molar-refractivity contribution < 1.29 is 34.7 Å². The Bertz CT molecular complexity index is 938. The van der Waals surface area contributed by atoms with E-state index in [0.29, 0.717) is 49.9 Å². The normalized spacial score (nSPS) is 9.47. The van der Waals surface area contributed by atoms with Gasteiger partial charge in [-0.15, -0.1) is 0 Å². The van der Waals surface area contributed by atoms with Crippen molar-refractivity contribution in [3.63, 3.8) is 0 Å². The second kappa shape index (κ2) is 22.3. The number of aromatic hydroxyl groups is 1. The van der Waals surface area contributed by atoms with Gasteiger partial charge in [0.05, 0.1) is 0 Å². The Morgan fingerprint density at radius 3 is 1.50 bits per heavy atom. The van der Waals surface area contributed by atoms with Crippen LogP contribution in [0.3, 0.4) is 0 Å². The Labute approximate surface area is 223 Å². The number of carbonyl (C=O) groups is 4. The van der Waals surface area contributed by atoms with Gasteiger partial charge in [-0.1, -0.05) is 38.5 Å². The average Bonchev–Trinajstić information content (AvgIpc) is 2.96. The Hall–Kier alpha value is -3.96. The van der Waals surface area contributed by atoms with Gasteiger partial charge in [0, 0.05) is 37.1 Å². The molecule has 0 heterocycles. The molecular weight excluding hydrogens is 492 g/mol. The molecule has 0 aliphatic carbocycles. The first-order chi connectivity index (χ1) is 18.4. The summed E-state index contributed by atoms with van der Waals surface area (Å²) in [4.78, 5) is 44.6. The lowest BCUT2D eigenvalue weighted by Crippen LogP contribution is -2.25.